The number of nitro groups is 1. The van der Waals surface area contributed by atoms with E-state index >= 15 is 0 Å². The summed E-state index contributed by atoms with van der Waals surface area (Å²) in [6.07, 6.45) is 8.76. The minimum atomic E-state index is -0.782. The van der Waals surface area contributed by atoms with Crippen LogP contribution in [-0.4, -0.2) is 53.3 Å². The zero-order valence-electron chi connectivity index (χ0n) is 33.2. The van der Waals surface area contributed by atoms with Gasteiger partial charge in [0, 0.05) is 59.6 Å². The molecule has 0 radical (unpaired) electrons. The molecule has 0 spiro atoms. The van der Waals surface area contributed by atoms with Gasteiger partial charge in [-0.25, -0.2) is 0 Å². The molecule has 0 fully saturated rings. The second-order valence-corrected chi connectivity index (χ2v) is 15.1. The van der Waals surface area contributed by atoms with E-state index in [-0.39, 0.29) is 35.4 Å². The number of fused-ring (bicyclic) bond motifs is 4. The van der Waals surface area contributed by atoms with Gasteiger partial charge in [-0.2, -0.15) is 4.58 Å². The summed E-state index contributed by atoms with van der Waals surface area (Å²) in [6, 6.07) is 27.8. The average molecular weight is 755 g/mol. The zero-order chi connectivity index (χ0) is 40.0. The maximum atomic E-state index is 13.4. The molecule has 4 aromatic carbocycles. The second kappa shape index (κ2) is 16.9. The Bertz CT molecular complexity index is 2260. The molecule has 290 valence electrons. The lowest BCUT2D eigenvalue weighted by molar-refractivity contribution is -0.436. The Kier molecular flexibility index (Phi) is 12.0. The van der Waals surface area contributed by atoms with Crippen LogP contribution in [0.3, 0.4) is 0 Å². The zero-order valence-corrected chi connectivity index (χ0v) is 33.2. The SMILES string of the molecule is C=C(CC1(C)/C(=C\C=C\C2=[N+](CCC(C)=O)c3ccc4ccccc4c3C2(C)CC(=O)OCC)N(CCCc2ccccc2)c2ccc([N+](=O)[O-])cc21)OCC. The van der Waals surface area contributed by atoms with Crippen LogP contribution in [0.5, 0.6) is 0 Å². The van der Waals surface area contributed by atoms with E-state index in [9.17, 15) is 19.7 Å². The lowest BCUT2D eigenvalue weighted by Gasteiger charge is -2.31. The normalized spacial score (nSPS) is 19.4. The lowest BCUT2D eigenvalue weighted by Crippen LogP contribution is -2.35. The molecule has 2 unspecified atom stereocenters. The Morgan fingerprint density at radius 3 is 2.38 bits per heavy atom. The number of esters is 1. The van der Waals surface area contributed by atoms with Crippen molar-refractivity contribution in [2.75, 3.05) is 31.2 Å². The molecule has 2 atom stereocenters. The van der Waals surface area contributed by atoms with Gasteiger partial charge >= 0.3 is 5.97 Å². The third-order valence-electron chi connectivity index (χ3n) is 11.1. The van der Waals surface area contributed by atoms with Gasteiger partial charge in [-0.05, 0) is 87.6 Å². The van der Waals surface area contributed by atoms with Gasteiger partial charge in [0.15, 0.2) is 12.3 Å². The van der Waals surface area contributed by atoms with Crippen molar-refractivity contribution in [2.24, 2.45) is 0 Å². The fourth-order valence-electron chi connectivity index (χ4n) is 8.63. The summed E-state index contributed by atoms with van der Waals surface area (Å²) >= 11 is 0. The average Bonchev–Trinajstić information content (AvgIpc) is 3.54. The number of anilines is 1. The van der Waals surface area contributed by atoms with E-state index in [1.165, 1.54) is 5.56 Å². The minimum absolute atomic E-state index is 0.0281. The molecule has 56 heavy (non-hydrogen) atoms. The van der Waals surface area contributed by atoms with Gasteiger partial charge < -0.3 is 14.4 Å². The van der Waals surface area contributed by atoms with Gasteiger partial charge in [0.1, 0.15) is 5.78 Å². The van der Waals surface area contributed by atoms with Crippen LogP contribution >= 0.6 is 0 Å². The van der Waals surface area contributed by atoms with Gasteiger partial charge in [-0.3, -0.25) is 19.7 Å². The summed E-state index contributed by atoms with van der Waals surface area (Å²) in [5, 5.41) is 14.2. The number of ether oxygens (including phenoxy) is 2. The highest BCUT2D eigenvalue weighted by atomic mass is 16.6. The maximum absolute atomic E-state index is 13.4. The smallest absolute Gasteiger partial charge is 0.307 e. The number of hydrogen-bond donors (Lipinski definition) is 0. The van der Waals surface area contributed by atoms with Crippen molar-refractivity contribution in [3.63, 3.8) is 0 Å². The molecular formula is C47H52N3O6+. The molecular weight excluding hydrogens is 703 g/mol. The number of benzene rings is 4. The van der Waals surface area contributed by atoms with Crippen molar-refractivity contribution in [3.05, 3.63) is 148 Å². The molecule has 0 saturated heterocycles. The van der Waals surface area contributed by atoms with Gasteiger partial charge in [-0.15, -0.1) is 0 Å². The number of ketones is 1. The van der Waals surface area contributed by atoms with E-state index in [1.54, 1.807) is 19.1 Å². The van der Waals surface area contributed by atoms with E-state index < -0.39 is 10.8 Å². The summed E-state index contributed by atoms with van der Waals surface area (Å²) in [7, 11) is 0. The summed E-state index contributed by atoms with van der Waals surface area (Å²) in [5.74, 6) is 0.371. The number of rotatable bonds is 17. The first-order valence-corrected chi connectivity index (χ1v) is 19.5. The summed E-state index contributed by atoms with van der Waals surface area (Å²) in [5.41, 5.74) is 5.37. The van der Waals surface area contributed by atoms with E-state index in [2.05, 4.69) is 78.5 Å². The van der Waals surface area contributed by atoms with Gasteiger partial charge in [0.05, 0.1) is 42.2 Å². The standard InChI is InChI=1S/C47H52N3O6/c1-7-55-34(4)31-46(5)39-30-37(50(53)54)24-26-40(39)48(28-15-18-35-16-10-9-11-17-35)42(46)21-14-22-43-47(6,32-44(52)56-8-2)45-38-20-13-12-19-36(38)23-25-41(45)49(43)29-27-33(3)51/h9-14,16-17,19-26,30H,4,7-8,15,18,27-29,31-32H2,1-3,5-6H3/q+1. The maximum Gasteiger partial charge on any atom is 0.307 e. The highest BCUT2D eigenvalue weighted by molar-refractivity contribution is 6.09. The highest BCUT2D eigenvalue weighted by Gasteiger charge is 2.51. The number of nitrogens with zero attached hydrogens (tertiary/aromatic N) is 3. The molecule has 0 N–H and O–H groups in total. The van der Waals surface area contributed by atoms with Crippen LogP contribution < -0.4 is 4.90 Å². The van der Waals surface area contributed by atoms with Gasteiger partial charge in [-0.1, -0.05) is 67.3 Å². The third-order valence-corrected chi connectivity index (χ3v) is 11.1. The first kappa shape index (κ1) is 39.9. The Morgan fingerprint density at radius 1 is 0.929 bits per heavy atom. The summed E-state index contributed by atoms with van der Waals surface area (Å²) in [4.78, 5) is 39.9. The number of allylic oxidation sites excluding steroid dienone is 5. The molecule has 9 nitrogen and oxygen atoms in total. The van der Waals surface area contributed by atoms with Crippen molar-refractivity contribution < 1.29 is 28.6 Å². The van der Waals surface area contributed by atoms with Crippen LogP contribution in [0, 0.1) is 10.1 Å². The van der Waals surface area contributed by atoms with Crippen LogP contribution in [-0.2, 0) is 36.3 Å². The Balaban J connectivity index is 1.51. The molecule has 2 heterocycles. The largest absolute Gasteiger partial charge is 0.499 e. The number of carbonyl (C=O) groups excluding carboxylic acids is 2. The molecule has 6 rings (SSSR count). The number of Topliss-reactive ketones (excluding diaryl/α,β-unsaturated/α-hetero) is 1. The predicted octanol–water partition coefficient (Wildman–Crippen LogP) is 9.83. The summed E-state index contributed by atoms with van der Waals surface area (Å²) < 4.78 is 13.6. The van der Waals surface area contributed by atoms with Gasteiger partial charge in [0.25, 0.3) is 5.69 Å². The fourth-order valence-corrected chi connectivity index (χ4v) is 8.63. The quantitative estimate of drug-likeness (QED) is 0.0348. The van der Waals surface area contributed by atoms with Crippen molar-refractivity contribution >= 4 is 45.3 Å². The predicted molar refractivity (Wildman–Crippen MR) is 223 cm³/mol. The lowest BCUT2D eigenvalue weighted by atomic mass is 9.74. The van der Waals surface area contributed by atoms with Crippen LogP contribution in [0.25, 0.3) is 10.8 Å². The van der Waals surface area contributed by atoms with E-state index in [0.29, 0.717) is 38.3 Å². The topological polar surface area (TPSA) is 102 Å². The molecule has 0 aliphatic carbocycles. The Hall–Kier alpha value is -5.83. The van der Waals surface area contributed by atoms with Gasteiger partial charge in [0.2, 0.25) is 5.69 Å². The van der Waals surface area contributed by atoms with Crippen molar-refractivity contribution in [1.82, 2.24) is 0 Å². The van der Waals surface area contributed by atoms with E-state index in [1.807, 2.05) is 56.3 Å². The Morgan fingerprint density at radius 2 is 1.66 bits per heavy atom. The van der Waals surface area contributed by atoms with Crippen LogP contribution in [0.15, 0.2) is 121 Å². The fraction of sp³-hybridized carbons (Fsp3) is 0.340. The second-order valence-electron chi connectivity index (χ2n) is 15.1. The number of aryl methyl sites for hydroxylation is 1. The van der Waals surface area contributed by atoms with E-state index in [0.717, 1.165) is 57.5 Å². The first-order chi connectivity index (χ1) is 26.9. The molecule has 2 aliphatic rings. The molecule has 0 aromatic heterocycles. The molecule has 2 aliphatic heterocycles. The van der Waals surface area contributed by atoms with Crippen molar-refractivity contribution in [2.45, 2.75) is 77.6 Å². The molecule has 0 saturated carbocycles. The highest BCUT2D eigenvalue weighted by Crippen LogP contribution is 2.52. The molecule has 0 bridgehead atoms. The number of nitro benzene ring substituents is 1. The van der Waals surface area contributed by atoms with Crippen molar-refractivity contribution in [1.29, 1.82) is 0 Å². The molecule has 4 aromatic rings. The number of non-ortho nitro benzene ring substituents is 1. The third kappa shape index (κ3) is 7.94. The number of hydrogen-bond acceptors (Lipinski definition) is 7. The van der Waals surface area contributed by atoms with Crippen LogP contribution in [0.4, 0.5) is 17.1 Å². The molecule has 9 heteroatoms. The monoisotopic (exact) mass is 754 g/mol. The number of carbonyl (C=O) groups is 2. The van der Waals surface area contributed by atoms with E-state index in [4.69, 9.17) is 9.47 Å². The van der Waals surface area contributed by atoms with Crippen LogP contribution in [0.1, 0.15) is 77.0 Å². The first-order valence-electron chi connectivity index (χ1n) is 19.5. The summed E-state index contributed by atoms with van der Waals surface area (Å²) in [6.45, 7) is 15.6. The Labute approximate surface area is 329 Å². The van der Waals surface area contributed by atoms with Crippen LogP contribution in [0.2, 0.25) is 0 Å². The van der Waals surface area contributed by atoms with Crippen molar-refractivity contribution in [3.8, 4) is 0 Å². The minimum Gasteiger partial charge on any atom is -0.499 e. The molecule has 0 amide bonds.